The van der Waals surface area contributed by atoms with Crippen LogP contribution < -0.4 is 10.5 Å². The number of hydrogen-bond acceptors (Lipinski definition) is 3. The van der Waals surface area contributed by atoms with Crippen molar-refractivity contribution in [3.05, 3.63) is 30.1 Å². The summed E-state index contributed by atoms with van der Waals surface area (Å²) in [6.45, 7) is 3.32. The molecule has 1 aromatic carbocycles. The molecule has 4 nitrogen and oxygen atoms in total. The number of amides is 1. The third-order valence-electron chi connectivity index (χ3n) is 3.20. The first kappa shape index (κ1) is 16.4. The number of para-hydroxylation sites is 1. The van der Waals surface area contributed by atoms with E-state index in [4.69, 9.17) is 10.5 Å². The number of ether oxygens (including phenoxy) is 1. The Balaban J connectivity index is 2.27. The van der Waals surface area contributed by atoms with Crippen LogP contribution in [0.5, 0.6) is 5.75 Å². The molecule has 0 aliphatic rings. The monoisotopic (exact) mass is 282 g/mol. The molecule has 0 aromatic heterocycles. The maximum Gasteiger partial charge on any atom is 0.222 e. The highest BCUT2D eigenvalue weighted by molar-refractivity contribution is 5.75. The zero-order valence-corrected chi connectivity index (χ0v) is 12.1. The van der Waals surface area contributed by atoms with Crippen LogP contribution in [0.3, 0.4) is 0 Å². The summed E-state index contributed by atoms with van der Waals surface area (Å²) in [5, 5.41) is 0. The van der Waals surface area contributed by atoms with Gasteiger partial charge >= 0.3 is 0 Å². The first-order valence-corrected chi connectivity index (χ1v) is 6.86. The number of benzene rings is 1. The molecule has 1 aromatic rings. The van der Waals surface area contributed by atoms with E-state index < -0.39 is 5.82 Å². The van der Waals surface area contributed by atoms with E-state index in [1.807, 2.05) is 6.92 Å². The number of carbonyl (C=O) groups is 1. The van der Waals surface area contributed by atoms with Gasteiger partial charge in [-0.2, -0.15) is 0 Å². The molecule has 0 saturated heterocycles. The van der Waals surface area contributed by atoms with E-state index in [1.165, 1.54) is 6.07 Å². The lowest BCUT2D eigenvalue weighted by atomic mass is 10.1. The Labute approximate surface area is 119 Å². The molecule has 0 bridgehead atoms. The number of likely N-dealkylation sites (N-methyl/N-ethyl adjacent to an activating group) is 1. The number of carbonyl (C=O) groups excluding carboxylic acids is 1. The number of nitrogens with two attached hydrogens (primary N) is 1. The molecular weight excluding hydrogens is 259 g/mol. The van der Waals surface area contributed by atoms with Crippen LogP contribution in [-0.2, 0) is 4.79 Å². The fourth-order valence-electron chi connectivity index (χ4n) is 1.66. The van der Waals surface area contributed by atoms with Gasteiger partial charge in [0.1, 0.15) is 6.61 Å². The van der Waals surface area contributed by atoms with Crippen molar-refractivity contribution < 1.29 is 13.9 Å². The zero-order chi connectivity index (χ0) is 15.0. The molecule has 0 radical (unpaired) electrons. The van der Waals surface area contributed by atoms with Gasteiger partial charge in [-0.1, -0.05) is 19.1 Å². The molecule has 20 heavy (non-hydrogen) atoms. The molecule has 2 N–H and O–H groups in total. The van der Waals surface area contributed by atoms with Crippen LogP contribution in [0.1, 0.15) is 19.8 Å². The maximum atomic E-state index is 13.3. The Morgan fingerprint density at radius 2 is 2.15 bits per heavy atom. The second-order valence-corrected chi connectivity index (χ2v) is 4.97. The third-order valence-corrected chi connectivity index (χ3v) is 3.20. The fourth-order valence-corrected chi connectivity index (χ4v) is 1.66. The number of nitrogens with zero attached hydrogens (tertiary/aromatic N) is 1. The topological polar surface area (TPSA) is 55.6 Å². The van der Waals surface area contributed by atoms with Crippen molar-refractivity contribution in [3.8, 4) is 5.75 Å². The molecule has 0 fully saturated rings. The molecule has 1 unspecified atom stereocenters. The molecule has 0 aliphatic heterocycles. The van der Waals surface area contributed by atoms with Gasteiger partial charge in [0.15, 0.2) is 11.6 Å². The summed E-state index contributed by atoms with van der Waals surface area (Å²) in [5.74, 6) is 0.229. The van der Waals surface area contributed by atoms with Crippen LogP contribution in [0.4, 0.5) is 4.39 Å². The SMILES string of the molecule is CC(CN)CCC(=O)N(C)CCOc1ccccc1F. The molecule has 5 heteroatoms. The Kier molecular flexibility index (Phi) is 7.01. The van der Waals surface area contributed by atoms with Gasteiger partial charge in [0.2, 0.25) is 5.91 Å². The van der Waals surface area contributed by atoms with Gasteiger partial charge in [-0.25, -0.2) is 4.39 Å². The lowest BCUT2D eigenvalue weighted by Crippen LogP contribution is -2.31. The van der Waals surface area contributed by atoms with Gasteiger partial charge in [0, 0.05) is 13.5 Å². The molecule has 112 valence electrons. The van der Waals surface area contributed by atoms with Crippen LogP contribution >= 0.6 is 0 Å². The van der Waals surface area contributed by atoms with Gasteiger partial charge in [-0.15, -0.1) is 0 Å². The van der Waals surface area contributed by atoms with Gasteiger partial charge in [-0.05, 0) is 31.0 Å². The Bertz CT molecular complexity index is 426. The fraction of sp³-hybridized carbons (Fsp3) is 0.533. The number of hydrogen-bond donors (Lipinski definition) is 1. The van der Waals surface area contributed by atoms with Crippen molar-refractivity contribution in [2.24, 2.45) is 11.7 Å². The molecule has 0 saturated carbocycles. The molecule has 0 spiro atoms. The smallest absolute Gasteiger partial charge is 0.222 e. The Morgan fingerprint density at radius 1 is 1.45 bits per heavy atom. The summed E-state index contributed by atoms with van der Waals surface area (Å²) in [7, 11) is 1.72. The summed E-state index contributed by atoms with van der Waals surface area (Å²) in [4.78, 5) is 13.4. The standard InChI is InChI=1S/C15H23FN2O2/c1-12(11-17)7-8-15(19)18(2)9-10-20-14-6-4-3-5-13(14)16/h3-6,12H,7-11,17H2,1-2H3. The average molecular weight is 282 g/mol. The van der Waals surface area contributed by atoms with Crippen molar-refractivity contribution in [2.45, 2.75) is 19.8 Å². The minimum Gasteiger partial charge on any atom is -0.489 e. The highest BCUT2D eigenvalue weighted by Crippen LogP contribution is 2.15. The predicted molar refractivity (Wildman–Crippen MR) is 77.0 cm³/mol. The predicted octanol–water partition coefficient (Wildman–Crippen LogP) is 2.04. The quantitative estimate of drug-likeness (QED) is 0.794. The van der Waals surface area contributed by atoms with Crippen LogP contribution in [0.2, 0.25) is 0 Å². The minimum atomic E-state index is -0.391. The second-order valence-electron chi connectivity index (χ2n) is 4.97. The molecule has 0 heterocycles. The summed E-state index contributed by atoms with van der Waals surface area (Å²) < 4.78 is 18.6. The van der Waals surface area contributed by atoms with Crippen molar-refractivity contribution in [3.63, 3.8) is 0 Å². The lowest BCUT2D eigenvalue weighted by Gasteiger charge is -2.18. The summed E-state index contributed by atoms with van der Waals surface area (Å²) in [6.07, 6.45) is 1.27. The van der Waals surface area contributed by atoms with Gasteiger partial charge in [0.05, 0.1) is 6.54 Å². The Morgan fingerprint density at radius 3 is 2.80 bits per heavy atom. The van der Waals surface area contributed by atoms with E-state index in [1.54, 1.807) is 30.1 Å². The first-order chi connectivity index (χ1) is 9.54. The Hall–Kier alpha value is -1.62. The highest BCUT2D eigenvalue weighted by atomic mass is 19.1. The van der Waals surface area contributed by atoms with Crippen LogP contribution in [0.15, 0.2) is 24.3 Å². The molecule has 1 amide bonds. The largest absolute Gasteiger partial charge is 0.489 e. The lowest BCUT2D eigenvalue weighted by molar-refractivity contribution is -0.130. The molecule has 0 aliphatic carbocycles. The van der Waals surface area contributed by atoms with Crippen LogP contribution in [-0.4, -0.2) is 37.6 Å². The third kappa shape index (κ3) is 5.57. The maximum absolute atomic E-state index is 13.3. The van der Waals surface area contributed by atoms with E-state index in [0.717, 1.165) is 6.42 Å². The van der Waals surface area contributed by atoms with E-state index in [0.29, 0.717) is 25.4 Å². The van der Waals surface area contributed by atoms with Crippen molar-refractivity contribution in [2.75, 3.05) is 26.7 Å². The summed E-state index contributed by atoms with van der Waals surface area (Å²) in [5.41, 5.74) is 5.51. The van der Waals surface area contributed by atoms with E-state index >= 15 is 0 Å². The van der Waals surface area contributed by atoms with Gasteiger partial charge in [0.25, 0.3) is 0 Å². The molecule has 1 rings (SSSR count). The van der Waals surface area contributed by atoms with E-state index in [9.17, 15) is 9.18 Å². The average Bonchev–Trinajstić information content (AvgIpc) is 2.46. The number of halogens is 1. The van der Waals surface area contributed by atoms with Crippen molar-refractivity contribution in [1.82, 2.24) is 4.90 Å². The van der Waals surface area contributed by atoms with E-state index in [2.05, 4.69) is 0 Å². The highest BCUT2D eigenvalue weighted by Gasteiger charge is 2.11. The molecular formula is C15H23FN2O2. The first-order valence-electron chi connectivity index (χ1n) is 6.86. The summed E-state index contributed by atoms with van der Waals surface area (Å²) in [6, 6.07) is 6.23. The van der Waals surface area contributed by atoms with Gasteiger partial charge < -0.3 is 15.4 Å². The summed E-state index contributed by atoms with van der Waals surface area (Å²) >= 11 is 0. The number of rotatable bonds is 8. The van der Waals surface area contributed by atoms with Crippen molar-refractivity contribution >= 4 is 5.91 Å². The molecule has 1 atom stereocenters. The van der Waals surface area contributed by atoms with E-state index in [-0.39, 0.29) is 18.3 Å². The normalized spacial score (nSPS) is 12.0. The van der Waals surface area contributed by atoms with Crippen LogP contribution in [0.25, 0.3) is 0 Å². The zero-order valence-electron chi connectivity index (χ0n) is 12.1. The van der Waals surface area contributed by atoms with Crippen LogP contribution in [0, 0.1) is 11.7 Å². The minimum absolute atomic E-state index is 0.0578. The second kappa shape index (κ2) is 8.53. The van der Waals surface area contributed by atoms with Gasteiger partial charge in [-0.3, -0.25) is 4.79 Å². The van der Waals surface area contributed by atoms with Crippen molar-refractivity contribution in [1.29, 1.82) is 0 Å².